The smallest absolute Gasteiger partial charge is 0.183 e. The second kappa shape index (κ2) is 5.96. The molecule has 1 aromatic rings. The van der Waals surface area contributed by atoms with Crippen molar-refractivity contribution in [1.29, 1.82) is 0 Å². The fourth-order valence-electron chi connectivity index (χ4n) is 2.14. The molecule has 0 aromatic carbocycles. The van der Waals surface area contributed by atoms with Gasteiger partial charge in [0.25, 0.3) is 0 Å². The molecule has 90 valence electrons. The molecule has 1 unspecified atom stereocenters. The SMILES string of the molecule is CN(Cc1cnc(Cl)s1)CC1CCCCN1. The van der Waals surface area contributed by atoms with Crippen LogP contribution in [0.25, 0.3) is 0 Å². The van der Waals surface area contributed by atoms with Crippen LogP contribution in [0.15, 0.2) is 6.20 Å². The lowest BCUT2D eigenvalue weighted by molar-refractivity contribution is 0.258. The van der Waals surface area contributed by atoms with Crippen LogP contribution in [0, 0.1) is 0 Å². The van der Waals surface area contributed by atoms with Gasteiger partial charge >= 0.3 is 0 Å². The quantitative estimate of drug-likeness (QED) is 0.900. The van der Waals surface area contributed by atoms with Crippen molar-refractivity contribution < 1.29 is 0 Å². The highest BCUT2D eigenvalue weighted by Gasteiger charge is 2.14. The Morgan fingerprint density at radius 2 is 2.50 bits per heavy atom. The maximum atomic E-state index is 5.81. The molecular weight excluding hydrogens is 242 g/mol. The van der Waals surface area contributed by atoms with E-state index in [2.05, 4.69) is 22.2 Å². The number of piperidine rings is 1. The summed E-state index contributed by atoms with van der Waals surface area (Å²) in [5.41, 5.74) is 0. The van der Waals surface area contributed by atoms with Gasteiger partial charge < -0.3 is 5.32 Å². The second-order valence-electron chi connectivity index (χ2n) is 4.42. The number of aromatic nitrogens is 1. The highest BCUT2D eigenvalue weighted by molar-refractivity contribution is 7.15. The Hall–Kier alpha value is -0.160. The lowest BCUT2D eigenvalue weighted by Gasteiger charge is -2.27. The van der Waals surface area contributed by atoms with Crippen molar-refractivity contribution in [3.05, 3.63) is 15.5 Å². The summed E-state index contributed by atoms with van der Waals surface area (Å²) < 4.78 is 0.638. The summed E-state index contributed by atoms with van der Waals surface area (Å²) in [4.78, 5) is 7.64. The molecule has 0 radical (unpaired) electrons. The van der Waals surface area contributed by atoms with E-state index >= 15 is 0 Å². The van der Waals surface area contributed by atoms with E-state index in [0.29, 0.717) is 10.5 Å². The Balaban J connectivity index is 1.77. The van der Waals surface area contributed by atoms with Gasteiger partial charge in [0.15, 0.2) is 4.47 Å². The molecule has 1 aliphatic heterocycles. The van der Waals surface area contributed by atoms with E-state index in [-0.39, 0.29) is 0 Å². The summed E-state index contributed by atoms with van der Waals surface area (Å²) in [5, 5.41) is 3.56. The average Bonchev–Trinajstić information content (AvgIpc) is 2.65. The van der Waals surface area contributed by atoms with Crippen LogP contribution in [0.3, 0.4) is 0 Å². The molecule has 2 rings (SSSR count). The normalized spacial score (nSPS) is 21.6. The first-order chi connectivity index (χ1) is 7.74. The fraction of sp³-hybridized carbons (Fsp3) is 0.727. The molecule has 3 nitrogen and oxygen atoms in total. The molecule has 0 aliphatic carbocycles. The first kappa shape index (κ1) is 12.3. The lowest BCUT2D eigenvalue weighted by atomic mass is 10.0. The van der Waals surface area contributed by atoms with Crippen molar-refractivity contribution in [2.24, 2.45) is 0 Å². The van der Waals surface area contributed by atoms with Gasteiger partial charge in [-0.05, 0) is 26.4 Å². The summed E-state index contributed by atoms with van der Waals surface area (Å²) >= 11 is 7.38. The molecule has 5 heteroatoms. The Labute approximate surface area is 106 Å². The molecule has 0 spiro atoms. The van der Waals surface area contributed by atoms with E-state index in [4.69, 9.17) is 11.6 Å². The third kappa shape index (κ3) is 3.70. The maximum Gasteiger partial charge on any atom is 0.183 e. The average molecular weight is 260 g/mol. The zero-order valence-electron chi connectivity index (χ0n) is 9.58. The summed E-state index contributed by atoms with van der Waals surface area (Å²) in [6, 6.07) is 0.655. The molecule has 1 N–H and O–H groups in total. The molecular formula is C11H18ClN3S. The third-order valence-corrected chi connectivity index (χ3v) is 4.00. The highest BCUT2D eigenvalue weighted by atomic mass is 35.5. The van der Waals surface area contributed by atoms with Crippen molar-refractivity contribution in [2.45, 2.75) is 31.8 Å². The van der Waals surface area contributed by atoms with Crippen LogP contribution < -0.4 is 5.32 Å². The minimum Gasteiger partial charge on any atom is -0.313 e. The van der Waals surface area contributed by atoms with Gasteiger partial charge in [-0.15, -0.1) is 11.3 Å². The van der Waals surface area contributed by atoms with Crippen LogP contribution in [0.2, 0.25) is 4.47 Å². The molecule has 1 fully saturated rings. The molecule has 1 atom stereocenters. The summed E-state index contributed by atoms with van der Waals surface area (Å²) in [6.07, 6.45) is 5.86. The topological polar surface area (TPSA) is 28.2 Å². The summed E-state index contributed by atoms with van der Waals surface area (Å²) in [6.45, 7) is 3.23. The fourth-order valence-corrected chi connectivity index (χ4v) is 3.20. The lowest BCUT2D eigenvalue weighted by Crippen LogP contribution is -2.42. The number of nitrogens with zero attached hydrogens (tertiary/aromatic N) is 2. The largest absolute Gasteiger partial charge is 0.313 e. The monoisotopic (exact) mass is 259 g/mol. The van der Waals surface area contributed by atoms with Crippen molar-refractivity contribution >= 4 is 22.9 Å². The van der Waals surface area contributed by atoms with E-state index in [0.717, 1.165) is 13.1 Å². The van der Waals surface area contributed by atoms with Crippen LogP contribution in [-0.4, -0.2) is 36.1 Å². The predicted octanol–water partition coefficient (Wildman–Crippen LogP) is 2.37. The number of nitrogens with one attached hydrogen (secondary N) is 1. The van der Waals surface area contributed by atoms with Gasteiger partial charge in [-0.1, -0.05) is 18.0 Å². The number of hydrogen-bond acceptors (Lipinski definition) is 4. The molecule has 1 saturated heterocycles. The molecule has 1 aliphatic rings. The van der Waals surface area contributed by atoms with Crippen molar-refractivity contribution in [3.8, 4) is 0 Å². The second-order valence-corrected chi connectivity index (χ2v) is 6.12. The van der Waals surface area contributed by atoms with Crippen molar-refractivity contribution in [2.75, 3.05) is 20.1 Å². The van der Waals surface area contributed by atoms with Crippen LogP contribution >= 0.6 is 22.9 Å². The number of likely N-dealkylation sites (N-methyl/N-ethyl adjacent to an activating group) is 1. The molecule has 0 amide bonds. The van der Waals surface area contributed by atoms with Gasteiger partial charge in [0.05, 0.1) is 0 Å². The Kier molecular flexibility index (Phi) is 4.58. The molecule has 1 aromatic heterocycles. The first-order valence-corrected chi connectivity index (χ1v) is 6.95. The van der Waals surface area contributed by atoms with E-state index in [1.54, 1.807) is 11.3 Å². The van der Waals surface area contributed by atoms with Gasteiger partial charge in [0.1, 0.15) is 0 Å². The first-order valence-electron chi connectivity index (χ1n) is 5.76. The Morgan fingerprint density at radius 3 is 3.12 bits per heavy atom. The Morgan fingerprint density at radius 1 is 1.62 bits per heavy atom. The zero-order chi connectivity index (χ0) is 11.4. The van der Waals surface area contributed by atoms with Crippen LogP contribution in [0.4, 0.5) is 0 Å². The predicted molar refractivity (Wildman–Crippen MR) is 69.1 cm³/mol. The third-order valence-electron chi connectivity index (χ3n) is 2.90. The van der Waals surface area contributed by atoms with E-state index in [1.165, 1.54) is 30.7 Å². The Bertz CT molecular complexity index is 323. The van der Waals surface area contributed by atoms with Gasteiger partial charge in [-0.2, -0.15) is 0 Å². The van der Waals surface area contributed by atoms with Crippen molar-refractivity contribution in [3.63, 3.8) is 0 Å². The number of hydrogen-bond donors (Lipinski definition) is 1. The van der Waals surface area contributed by atoms with Crippen LogP contribution in [-0.2, 0) is 6.54 Å². The van der Waals surface area contributed by atoms with Gasteiger partial charge in [0, 0.05) is 30.2 Å². The summed E-state index contributed by atoms with van der Waals surface area (Å²) in [5.74, 6) is 0. The summed E-state index contributed by atoms with van der Waals surface area (Å²) in [7, 11) is 2.16. The van der Waals surface area contributed by atoms with Gasteiger partial charge in [-0.3, -0.25) is 4.90 Å². The zero-order valence-corrected chi connectivity index (χ0v) is 11.2. The number of rotatable bonds is 4. The standard InChI is InChI=1S/C11H18ClN3S/c1-15(7-9-4-2-3-5-13-9)8-10-6-14-11(12)16-10/h6,9,13H,2-5,7-8H2,1H3. The number of halogens is 1. The van der Waals surface area contributed by atoms with Gasteiger partial charge in [0.2, 0.25) is 0 Å². The van der Waals surface area contributed by atoms with Crippen molar-refractivity contribution in [1.82, 2.24) is 15.2 Å². The maximum absolute atomic E-state index is 5.81. The van der Waals surface area contributed by atoms with E-state index < -0.39 is 0 Å². The number of thiazole rings is 1. The van der Waals surface area contributed by atoms with Gasteiger partial charge in [-0.25, -0.2) is 4.98 Å². The minimum absolute atomic E-state index is 0.638. The molecule has 0 bridgehead atoms. The van der Waals surface area contributed by atoms with E-state index in [1.807, 2.05) is 6.20 Å². The highest BCUT2D eigenvalue weighted by Crippen LogP contribution is 2.19. The van der Waals surface area contributed by atoms with E-state index in [9.17, 15) is 0 Å². The molecule has 2 heterocycles. The van der Waals surface area contributed by atoms with Crippen LogP contribution in [0.5, 0.6) is 0 Å². The molecule has 16 heavy (non-hydrogen) atoms. The molecule has 0 saturated carbocycles. The van der Waals surface area contributed by atoms with Crippen LogP contribution in [0.1, 0.15) is 24.1 Å². The minimum atomic E-state index is 0.638.